The number of nitrogens with two attached hydrogens (primary N) is 1. The molecule has 0 amide bonds. The van der Waals surface area contributed by atoms with Crippen LogP contribution in [0, 0.1) is 0 Å². The van der Waals surface area contributed by atoms with Crippen molar-refractivity contribution in [3.05, 3.63) is 41.7 Å². The summed E-state index contributed by atoms with van der Waals surface area (Å²) in [6, 6.07) is 7.45. The van der Waals surface area contributed by atoms with Crippen LogP contribution in [0.3, 0.4) is 0 Å². The second-order valence-electron chi connectivity index (χ2n) is 4.41. The summed E-state index contributed by atoms with van der Waals surface area (Å²) in [6.07, 6.45) is 2.61. The molecule has 0 radical (unpaired) electrons. The van der Waals surface area contributed by atoms with Crippen LogP contribution in [-0.2, 0) is 16.1 Å². The van der Waals surface area contributed by atoms with Crippen molar-refractivity contribution in [2.45, 2.75) is 26.9 Å². The van der Waals surface area contributed by atoms with Gasteiger partial charge in [-0.2, -0.15) is 0 Å². The van der Waals surface area contributed by atoms with Crippen LogP contribution in [0.1, 0.15) is 26.1 Å². The molecule has 0 saturated heterocycles. The maximum atomic E-state index is 11.7. The van der Waals surface area contributed by atoms with Crippen molar-refractivity contribution in [2.75, 3.05) is 5.73 Å². The number of aromatic nitrogens is 2. The maximum Gasteiger partial charge on any atom is 0.333 e. The molecule has 0 unspecified atom stereocenters. The first kappa shape index (κ1) is 14.0. The highest BCUT2D eigenvalue weighted by Crippen LogP contribution is 2.17. The highest BCUT2D eigenvalue weighted by Gasteiger charge is 2.09. The maximum absolute atomic E-state index is 11.7. The highest BCUT2D eigenvalue weighted by atomic mass is 16.5. The van der Waals surface area contributed by atoms with Gasteiger partial charge in [0.1, 0.15) is 5.82 Å². The van der Waals surface area contributed by atoms with Crippen LogP contribution >= 0.6 is 0 Å². The summed E-state index contributed by atoms with van der Waals surface area (Å²) < 4.78 is 5.16. The molecule has 2 rings (SSSR count). The number of fused-ring (bicyclic) bond motifs is 1. The third kappa shape index (κ3) is 3.12. The minimum absolute atomic E-state index is 0.0166. The molecule has 1 heterocycles. The van der Waals surface area contributed by atoms with Gasteiger partial charge in [0.25, 0.3) is 0 Å². The molecule has 5 nitrogen and oxygen atoms in total. The van der Waals surface area contributed by atoms with E-state index in [0.29, 0.717) is 17.2 Å². The molecule has 0 fully saturated rings. The Balaban J connectivity index is 2.15. The smallest absolute Gasteiger partial charge is 0.333 e. The topological polar surface area (TPSA) is 78.1 Å². The number of rotatable bonds is 4. The molecule has 0 bridgehead atoms. The molecule has 0 aliphatic rings. The van der Waals surface area contributed by atoms with Crippen LogP contribution in [0.5, 0.6) is 0 Å². The molecule has 0 spiro atoms. The summed E-state index contributed by atoms with van der Waals surface area (Å²) in [4.78, 5) is 20.2. The predicted molar refractivity (Wildman–Crippen MR) is 77.8 cm³/mol. The largest absolute Gasteiger partial charge is 0.454 e. The fourth-order valence-electron chi connectivity index (χ4n) is 1.85. The molecule has 0 aliphatic carbocycles. The minimum Gasteiger partial charge on any atom is -0.454 e. The molecule has 2 aromatic rings. The molecule has 5 heteroatoms. The molecular weight excluding hydrogens is 254 g/mol. The zero-order valence-electron chi connectivity index (χ0n) is 11.6. The molecular formula is C15H17N3O2. The average molecular weight is 271 g/mol. The Bertz CT molecular complexity index is 665. The van der Waals surface area contributed by atoms with Crippen molar-refractivity contribution in [1.29, 1.82) is 0 Å². The molecule has 2 N–H and O–H groups in total. The SMILES string of the molecule is CCC=C(C)C(=O)OCc1nc(N)c2ccccc2n1. The Labute approximate surface area is 117 Å². The van der Waals surface area contributed by atoms with Gasteiger partial charge < -0.3 is 10.5 Å². The Hall–Kier alpha value is -2.43. The lowest BCUT2D eigenvalue weighted by atomic mass is 10.2. The van der Waals surface area contributed by atoms with Gasteiger partial charge >= 0.3 is 5.97 Å². The minimum atomic E-state index is -0.359. The van der Waals surface area contributed by atoms with Gasteiger partial charge in [0.15, 0.2) is 12.4 Å². The zero-order chi connectivity index (χ0) is 14.5. The van der Waals surface area contributed by atoms with Crippen LogP contribution in [0.2, 0.25) is 0 Å². The highest BCUT2D eigenvalue weighted by molar-refractivity contribution is 5.88. The van der Waals surface area contributed by atoms with E-state index in [9.17, 15) is 4.79 Å². The van der Waals surface area contributed by atoms with Gasteiger partial charge in [-0.3, -0.25) is 0 Å². The second-order valence-corrected chi connectivity index (χ2v) is 4.41. The molecule has 1 aromatic heterocycles. The first-order chi connectivity index (χ1) is 9.61. The van der Waals surface area contributed by atoms with Crippen molar-refractivity contribution in [3.8, 4) is 0 Å². The zero-order valence-corrected chi connectivity index (χ0v) is 11.6. The summed E-state index contributed by atoms with van der Waals surface area (Å²) in [5.41, 5.74) is 7.19. The summed E-state index contributed by atoms with van der Waals surface area (Å²) in [6.45, 7) is 3.70. The number of nitrogen functional groups attached to an aromatic ring is 1. The Morgan fingerprint density at radius 2 is 2.10 bits per heavy atom. The van der Waals surface area contributed by atoms with Crippen LogP contribution in [0.4, 0.5) is 5.82 Å². The number of nitrogens with zero attached hydrogens (tertiary/aromatic N) is 2. The third-order valence-corrected chi connectivity index (χ3v) is 2.84. The van der Waals surface area contributed by atoms with E-state index in [-0.39, 0.29) is 12.6 Å². The van der Waals surface area contributed by atoms with E-state index < -0.39 is 0 Å². The van der Waals surface area contributed by atoms with E-state index >= 15 is 0 Å². The molecule has 20 heavy (non-hydrogen) atoms. The van der Waals surface area contributed by atoms with Crippen LogP contribution in [0.25, 0.3) is 10.9 Å². The Morgan fingerprint density at radius 3 is 2.85 bits per heavy atom. The number of ether oxygens (including phenoxy) is 1. The van der Waals surface area contributed by atoms with E-state index in [2.05, 4.69) is 9.97 Å². The number of carbonyl (C=O) groups is 1. The Morgan fingerprint density at radius 1 is 1.35 bits per heavy atom. The number of para-hydroxylation sites is 1. The first-order valence-electron chi connectivity index (χ1n) is 6.46. The standard InChI is InChI=1S/C15H17N3O2/c1-3-6-10(2)15(19)20-9-13-17-12-8-5-4-7-11(12)14(16)18-13/h4-8H,3,9H2,1-2H3,(H2,16,17,18). The first-order valence-corrected chi connectivity index (χ1v) is 6.46. The van der Waals surface area contributed by atoms with Gasteiger partial charge in [0.05, 0.1) is 5.52 Å². The lowest BCUT2D eigenvalue weighted by Gasteiger charge is -2.06. The summed E-state index contributed by atoms with van der Waals surface area (Å²) in [5, 5.41) is 0.796. The van der Waals surface area contributed by atoms with Crippen LogP contribution in [0.15, 0.2) is 35.9 Å². The van der Waals surface area contributed by atoms with E-state index in [1.165, 1.54) is 0 Å². The van der Waals surface area contributed by atoms with Gasteiger partial charge in [-0.1, -0.05) is 25.1 Å². The number of hydrogen-bond acceptors (Lipinski definition) is 5. The average Bonchev–Trinajstić information content (AvgIpc) is 2.45. The lowest BCUT2D eigenvalue weighted by molar-refractivity contribution is -0.140. The molecule has 0 atom stereocenters. The second kappa shape index (κ2) is 6.14. The molecule has 0 saturated carbocycles. The molecule has 104 valence electrons. The van der Waals surface area contributed by atoms with Crippen molar-refractivity contribution in [2.24, 2.45) is 0 Å². The lowest BCUT2D eigenvalue weighted by Crippen LogP contribution is -2.09. The van der Waals surface area contributed by atoms with E-state index in [1.807, 2.05) is 37.3 Å². The van der Waals surface area contributed by atoms with E-state index in [4.69, 9.17) is 10.5 Å². The number of hydrogen-bond donors (Lipinski definition) is 1. The summed E-state index contributed by atoms with van der Waals surface area (Å²) >= 11 is 0. The number of benzene rings is 1. The number of allylic oxidation sites excluding steroid dienone is 1. The van der Waals surface area contributed by atoms with Gasteiger partial charge in [-0.25, -0.2) is 14.8 Å². The molecule has 0 aliphatic heterocycles. The summed E-state index contributed by atoms with van der Waals surface area (Å²) in [7, 11) is 0. The third-order valence-electron chi connectivity index (χ3n) is 2.84. The van der Waals surface area contributed by atoms with Crippen molar-refractivity contribution in [1.82, 2.24) is 9.97 Å². The van der Waals surface area contributed by atoms with Crippen LogP contribution in [-0.4, -0.2) is 15.9 Å². The van der Waals surface area contributed by atoms with Crippen molar-refractivity contribution < 1.29 is 9.53 Å². The van der Waals surface area contributed by atoms with Gasteiger partial charge in [-0.15, -0.1) is 0 Å². The summed E-state index contributed by atoms with van der Waals surface area (Å²) in [5.74, 6) is 0.434. The number of anilines is 1. The van der Waals surface area contributed by atoms with E-state index in [1.54, 1.807) is 6.92 Å². The number of carbonyl (C=O) groups excluding carboxylic acids is 1. The quantitative estimate of drug-likeness (QED) is 0.683. The fourth-order valence-corrected chi connectivity index (χ4v) is 1.85. The fraction of sp³-hybridized carbons (Fsp3) is 0.267. The predicted octanol–water partition coefficient (Wildman–Crippen LogP) is 2.61. The normalized spacial score (nSPS) is 11.6. The van der Waals surface area contributed by atoms with Gasteiger partial charge in [0, 0.05) is 11.0 Å². The van der Waals surface area contributed by atoms with Gasteiger partial charge in [0.2, 0.25) is 0 Å². The number of esters is 1. The van der Waals surface area contributed by atoms with Crippen LogP contribution < -0.4 is 5.73 Å². The van der Waals surface area contributed by atoms with E-state index in [0.717, 1.165) is 17.3 Å². The molecule has 1 aromatic carbocycles. The van der Waals surface area contributed by atoms with Gasteiger partial charge in [-0.05, 0) is 25.5 Å². The van der Waals surface area contributed by atoms with Crippen molar-refractivity contribution in [3.63, 3.8) is 0 Å². The Kier molecular flexibility index (Phi) is 4.30. The van der Waals surface area contributed by atoms with Crippen molar-refractivity contribution >= 4 is 22.7 Å². The monoisotopic (exact) mass is 271 g/mol.